The van der Waals surface area contributed by atoms with E-state index in [9.17, 15) is 4.79 Å². The highest BCUT2D eigenvalue weighted by atomic mass is 32.2. The molecule has 0 aromatic heterocycles. The Morgan fingerprint density at radius 1 is 1.55 bits per heavy atom. The molecule has 1 unspecified atom stereocenters. The Labute approximate surface area is 73.9 Å². The fraction of sp³-hybridized carbons (Fsp3) is 0.889. The molecular weight excluding hydrogens is 156 g/mol. The van der Waals surface area contributed by atoms with Crippen molar-refractivity contribution in [2.75, 3.05) is 12.0 Å². The lowest BCUT2D eigenvalue weighted by atomic mass is 10.0. The molecule has 0 N–H and O–H groups in total. The number of carbonyl (C=O) groups is 1. The van der Waals surface area contributed by atoms with Crippen molar-refractivity contribution in [1.82, 2.24) is 0 Å². The van der Waals surface area contributed by atoms with Crippen LogP contribution in [0.3, 0.4) is 0 Å². The van der Waals surface area contributed by atoms with Crippen LogP contribution in [0.4, 0.5) is 0 Å². The molecule has 0 bridgehead atoms. The first kappa shape index (κ1) is 11.0. The molecule has 1 nitrogen and oxygen atoms in total. The van der Waals surface area contributed by atoms with Crippen LogP contribution in [0.15, 0.2) is 0 Å². The smallest absolute Gasteiger partial charge is 0.142 e. The quantitative estimate of drug-likeness (QED) is 0.616. The van der Waals surface area contributed by atoms with E-state index < -0.39 is 0 Å². The Hall–Kier alpha value is 0.0200. The Morgan fingerprint density at radius 2 is 2.18 bits per heavy atom. The molecule has 0 saturated carbocycles. The summed E-state index contributed by atoms with van der Waals surface area (Å²) in [6, 6.07) is 0. The van der Waals surface area contributed by atoms with Gasteiger partial charge in [0, 0.05) is 6.42 Å². The van der Waals surface area contributed by atoms with Gasteiger partial charge in [-0.15, -0.1) is 0 Å². The van der Waals surface area contributed by atoms with Crippen LogP contribution in [0.5, 0.6) is 0 Å². The summed E-state index contributed by atoms with van der Waals surface area (Å²) in [7, 11) is 0. The predicted molar refractivity (Wildman–Crippen MR) is 52.1 cm³/mol. The molecule has 0 aliphatic rings. The van der Waals surface area contributed by atoms with Crippen molar-refractivity contribution in [3.8, 4) is 0 Å². The summed E-state index contributed by atoms with van der Waals surface area (Å²) in [6.07, 6.45) is 5.12. The zero-order chi connectivity index (χ0) is 8.69. The third-order valence-corrected chi connectivity index (χ3v) is 2.27. The van der Waals surface area contributed by atoms with Gasteiger partial charge in [0.05, 0.1) is 5.75 Å². The maximum atomic E-state index is 11.1. The second-order valence-electron chi connectivity index (χ2n) is 3.07. The monoisotopic (exact) mass is 174 g/mol. The predicted octanol–water partition coefficient (Wildman–Crippen LogP) is 2.74. The van der Waals surface area contributed by atoms with E-state index in [-0.39, 0.29) is 0 Å². The summed E-state index contributed by atoms with van der Waals surface area (Å²) in [5.74, 6) is 1.67. The van der Waals surface area contributed by atoms with E-state index in [0.717, 1.165) is 6.42 Å². The highest BCUT2D eigenvalue weighted by molar-refractivity contribution is 7.99. The Balaban J connectivity index is 3.40. The lowest BCUT2D eigenvalue weighted by Crippen LogP contribution is -2.07. The van der Waals surface area contributed by atoms with Gasteiger partial charge in [-0.25, -0.2) is 0 Å². The van der Waals surface area contributed by atoms with Gasteiger partial charge >= 0.3 is 0 Å². The van der Waals surface area contributed by atoms with Crippen molar-refractivity contribution in [1.29, 1.82) is 0 Å². The first-order chi connectivity index (χ1) is 5.20. The van der Waals surface area contributed by atoms with Gasteiger partial charge in [-0.2, -0.15) is 11.8 Å². The van der Waals surface area contributed by atoms with E-state index in [1.165, 1.54) is 12.8 Å². The Bertz CT molecular complexity index is 112. The van der Waals surface area contributed by atoms with E-state index in [4.69, 9.17) is 0 Å². The highest BCUT2D eigenvalue weighted by Gasteiger charge is 2.06. The molecule has 0 spiro atoms. The minimum atomic E-state index is 0.401. The highest BCUT2D eigenvalue weighted by Crippen LogP contribution is 2.11. The van der Waals surface area contributed by atoms with Crippen molar-refractivity contribution in [3.63, 3.8) is 0 Å². The van der Waals surface area contributed by atoms with Crippen LogP contribution in [-0.4, -0.2) is 17.8 Å². The molecule has 0 fully saturated rings. The van der Waals surface area contributed by atoms with Crippen LogP contribution in [-0.2, 0) is 4.79 Å². The average Bonchev–Trinajstić information content (AvgIpc) is 1.87. The molecule has 0 amide bonds. The van der Waals surface area contributed by atoms with E-state index in [0.29, 0.717) is 17.5 Å². The molecule has 0 rings (SSSR count). The molecule has 1 atom stereocenters. The summed E-state index contributed by atoms with van der Waals surface area (Å²) < 4.78 is 0. The molecule has 2 heteroatoms. The van der Waals surface area contributed by atoms with Gasteiger partial charge in [-0.05, 0) is 12.2 Å². The molecule has 0 saturated heterocycles. The van der Waals surface area contributed by atoms with Crippen molar-refractivity contribution in [3.05, 3.63) is 0 Å². The van der Waals surface area contributed by atoms with Gasteiger partial charge in [0.2, 0.25) is 0 Å². The molecule has 0 radical (unpaired) electrons. The van der Waals surface area contributed by atoms with Gasteiger partial charge in [0.1, 0.15) is 5.78 Å². The molecule has 66 valence electrons. The van der Waals surface area contributed by atoms with Gasteiger partial charge in [0.15, 0.2) is 0 Å². The van der Waals surface area contributed by atoms with Gasteiger partial charge in [0.25, 0.3) is 0 Å². The number of thioether (sulfide) groups is 1. The Kier molecular flexibility index (Phi) is 6.73. The number of Topliss-reactive ketones (excluding diaryl/α,β-unsaturated/α-hetero) is 1. The molecule has 0 heterocycles. The van der Waals surface area contributed by atoms with E-state index in [2.05, 4.69) is 13.8 Å². The summed E-state index contributed by atoms with van der Waals surface area (Å²) in [6.45, 7) is 4.32. The van der Waals surface area contributed by atoms with Gasteiger partial charge in [-0.3, -0.25) is 4.79 Å². The second kappa shape index (κ2) is 6.71. The standard InChI is InChI=1S/C9H18OS/c1-4-5-8(2)6-9(10)7-11-3/h8H,4-7H2,1-3H3. The minimum Gasteiger partial charge on any atom is -0.299 e. The average molecular weight is 174 g/mol. The number of carbonyl (C=O) groups excluding carboxylic acids is 1. The van der Waals surface area contributed by atoms with Crippen LogP contribution >= 0.6 is 11.8 Å². The fourth-order valence-electron chi connectivity index (χ4n) is 1.20. The molecular formula is C9H18OS. The molecule has 0 aliphatic heterocycles. The maximum absolute atomic E-state index is 11.1. The van der Waals surface area contributed by atoms with Gasteiger partial charge < -0.3 is 0 Å². The fourth-order valence-corrected chi connectivity index (χ4v) is 1.64. The van der Waals surface area contributed by atoms with Crippen molar-refractivity contribution < 1.29 is 4.79 Å². The third-order valence-electron chi connectivity index (χ3n) is 1.66. The van der Waals surface area contributed by atoms with Crippen LogP contribution in [0.25, 0.3) is 0 Å². The third kappa shape index (κ3) is 6.42. The number of ketones is 1. The first-order valence-corrected chi connectivity index (χ1v) is 5.60. The van der Waals surface area contributed by atoms with Crippen molar-refractivity contribution >= 4 is 17.5 Å². The normalized spacial score (nSPS) is 13.0. The number of hydrogen-bond donors (Lipinski definition) is 0. The number of rotatable bonds is 6. The SMILES string of the molecule is CCCC(C)CC(=O)CSC. The number of hydrogen-bond acceptors (Lipinski definition) is 2. The minimum absolute atomic E-state index is 0.401. The molecule has 0 aromatic rings. The van der Waals surface area contributed by atoms with Crippen LogP contribution in [0.2, 0.25) is 0 Å². The largest absolute Gasteiger partial charge is 0.299 e. The van der Waals surface area contributed by atoms with E-state index in [1.807, 2.05) is 6.26 Å². The summed E-state index contributed by atoms with van der Waals surface area (Å²) in [5, 5.41) is 0. The second-order valence-corrected chi connectivity index (χ2v) is 3.94. The summed E-state index contributed by atoms with van der Waals surface area (Å²) in [5.41, 5.74) is 0. The van der Waals surface area contributed by atoms with Crippen LogP contribution in [0.1, 0.15) is 33.1 Å². The first-order valence-electron chi connectivity index (χ1n) is 4.21. The van der Waals surface area contributed by atoms with E-state index in [1.54, 1.807) is 11.8 Å². The molecule has 0 aliphatic carbocycles. The maximum Gasteiger partial charge on any atom is 0.142 e. The van der Waals surface area contributed by atoms with Crippen LogP contribution in [0, 0.1) is 5.92 Å². The van der Waals surface area contributed by atoms with Crippen molar-refractivity contribution in [2.45, 2.75) is 33.1 Å². The molecule has 11 heavy (non-hydrogen) atoms. The van der Waals surface area contributed by atoms with Gasteiger partial charge in [-0.1, -0.05) is 26.7 Å². The lowest BCUT2D eigenvalue weighted by Gasteiger charge is -2.07. The topological polar surface area (TPSA) is 17.1 Å². The zero-order valence-electron chi connectivity index (χ0n) is 7.72. The molecule has 0 aromatic carbocycles. The zero-order valence-corrected chi connectivity index (χ0v) is 8.54. The van der Waals surface area contributed by atoms with E-state index >= 15 is 0 Å². The summed E-state index contributed by atoms with van der Waals surface area (Å²) >= 11 is 1.62. The summed E-state index contributed by atoms with van der Waals surface area (Å²) in [4.78, 5) is 11.1. The Morgan fingerprint density at radius 3 is 2.64 bits per heavy atom. The van der Waals surface area contributed by atoms with Crippen LogP contribution < -0.4 is 0 Å². The van der Waals surface area contributed by atoms with Crippen molar-refractivity contribution in [2.24, 2.45) is 5.92 Å². The lowest BCUT2D eigenvalue weighted by molar-refractivity contribution is -0.117.